The van der Waals surface area contributed by atoms with Gasteiger partial charge in [0.05, 0.1) is 6.61 Å². The summed E-state index contributed by atoms with van der Waals surface area (Å²) in [6.07, 6.45) is 0.946. The molecule has 0 aromatic heterocycles. The van der Waals surface area contributed by atoms with Gasteiger partial charge in [0.2, 0.25) is 6.29 Å². The van der Waals surface area contributed by atoms with Gasteiger partial charge in [-0.15, -0.1) is 6.58 Å². The zero-order valence-electron chi connectivity index (χ0n) is 5.67. The third-order valence-electron chi connectivity index (χ3n) is 0.707. The first-order chi connectivity index (χ1) is 4.66. The van der Waals surface area contributed by atoms with E-state index in [9.17, 15) is 4.79 Å². The van der Waals surface area contributed by atoms with Gasteiger partial charge in [-0.05, 0) is 6.92 Å². The zero-order valence-corrected chi connectivity index (χ0v) is 6.43. The second-order valence-corrected chi connectivity index (χ2v) is 1.85. The molecule has 4 heteroatoms. The van der Waals surface area contributed by atoms with E-state index in [-0.39, 0.29) is 0 Å². The third kappa shape index (κ3) is 5.59. The molecular weight excluding hydrogens is 156 g/mol. The number of hydrogen-bond acceptors (Lipinski definition) is 3. The van der Waals surface area contributed by atoms with Gasteiger partial charge in [0.1, 0.15) is 0 Å². The first-order valence-electron chi connectivity index (χ1n) is 2.75. The molecular formula is C6H9ClO3. The Balaban J connectivity index is 3.33. The second-order valence-electron chi connectivity index (χ2n) is 1.55. The SMILES string of the molecule is C=CCOC(C)OC(=O)Cl. The van der Waals surface area contributed by atoms with Crippen LogP contribution in [0.25, 0.3) is 0 Å². The number of carbonyl (C=O) groups excluding carboxylic acids is 1. The Hall–Kier alpha value is -0.540. The summed E-state index contributed by atoms with van der Waals surface area (Å²) >= 11 is 4.88. The van der Waals surface area contributed by atoms with Crippen molar-refractivity contribution in [2.24, 2.45) is 0 Å². The van der Waals surface area contributed by atoms with E-state index in [1.807, 2.05) is 0 Å². The number of carbonyl (C=O) groups is 1. The molecule has 0 radical (unpaired) electrons. The molecule has 0 saturated carbocycles. The highest BCUT2D eigenvalue weighted by molar-refractivity contribution is 6.61. The largest absolute Gasteiger partial charge is 0.424 e. The monoisotopic (exact) mass is 164 g/mol. The highest BCUT2D eigenvalue weighted by Gasteiger charge is 2.04. The number of ether oxygens (including phenoxy) is 2. The molecule has 0 aliphatic carbocycles. The number of hydrogen-bond donors (Lipinski definition) is 0. The Kier molecular flexibility index (Phi) is 4.98. The van der Waals surface area contributed by atoms with Crippen molar-refractivity contribution in [3.8, 4) is 0 Å². The number of halogens is 1. The van der Waals surface area contributed by atoms with Crippen LogP contribution in [0.5, 0.6) is 0 Å². The summed E-state index contributed by atoms with van der Waals surface area (Å²) in [5, 5.41) is 0. The molecule has 0 fully saturated rings. The van der Waals surface area contributed by atoms with E-state index in [1.54, 1.807) is 13.0 Å². The van der Waals surface area contributed by atoms with E-state index in [1.165, 1.54) is 0 Å². The second kappa shape index (κ2) is 5.26. The van der Waals surface area contributed by atoms with Crippen molar-refractivity contribution in [3.63, 3.8) is 0 Å². The average Bonchev–Trinajstić information content (AvgIpc) is 1.82. The van der Waals surface area contributed by atoms with Crippen LogP contribution in [0.4, 0.5) is 4.79 Å². The maximum Gasteiger partial charge on any atom is 0.406 e. The summed E-state index contributed by atoms with van der Waals surface area (Å²) in [5.41, 5.74) is -0.864. The van der Waals surface area contributed by atoms with Crippen LogP contribution in [-0.2, 0) is 9.47 Å². The van der Waals surface area contributed by atoms with E-state index in [0.717, 1.165) is 0 Å². The molecule has 0 aliphatic rings. The lowest BCUT2D eigenvalue weighted by molar-refractivity contribution is -0.0736. The quantitative estimate of drug-likeness (QED) is 0.362. The lowest BCUT2D eigenvalue weighted by Crippen LogP contribution is -2.13. The maximum absolute atomic E-state index is 10.1. The van der Waals surface area contributed by atoms with Crippen molar-refractivity contribution in [3.05, 3.63) is 12.7 Å². The Bertz CT molecular complexity index is 124. The summed E-state index contributed by atoms with van der Waals surface area (Å²) in [6.45, 7) is 5.33. The fourth-order valence-electron chi connectivity index (χ4n) is 0.368. The van der Waals surface area contributed by atoms with Gasteiger partial charge < -0.3 is 9.47 Å². The van der Waals surface area contributed by atoms with Crippen LogP contribution >= 0.6 is 11.6 Å². The minimum absolute atomic E-state index is 0.339. The molecule has 1 atom stereocenters. The van der Waals surface area contributed by atoms with Crippen LogP contribution in [0.2, 0.25) is 0 Å². The van der Waals surface area contributed by atoms with Gasteiger partial charge >= 0.3 is 5.43 Å². The van der Waals surface area contributed by atoms with Crippen LogP contribution in [0.15, 0.2) is 12.7 Å². The predicted octanol–water partition coefficient (Wildman–Crippen LogP) is 1.91. The predicted molar refractivity (Wildman–Crippen MR) is 37.9 cm³/mol. The molecule has 1 unspecified atom stereocenters. The Morgan fingerprint density at radius 3 is 2.90 bits per heavy atom. The molecule has 3 nitrogen and oxygen atoms in total. The summed E-state index contributed by atoms with van der Waals surface area (Å²) in [4.78, 5) is 10.1. The van der Waals surface area contributed by atoms with Crippen LogP contribution in [0.1, 0.15) is 6.92 Å². The van der Waals surface area contributed by atoms with Crippen LogP contribution in [0.3, 0.4) is 0 Å². The molecule has 0 aromatic carbocycles. The van der Waals surface area contributed by atoms with E-state index >= 15 is 0 Å². The van der Waals surface area contributed by atoms with Gasteiger partial charge in [0, 0.05) is 11.6 Å². The minimum atomic E-state index is -0.864. The highest BCUT2D eigenvalue weighted by Crippen LogP contribution is 1.97. The van der Waals surface area contributed by atoms with Crippen molar-refractivity contribution in [1.29, 1.82) is 0 Å². The van der Waals surface area contributed by atoms with Crippen LogP contribution < -0.4 is 0 Å². The number of rotatable bonds is 4. The molecule has 0 bridgehead atoms. The molecule has 0 rings (SSSR count). The molecule has 0 aliphatic heterocycles. The standard InChI is InChI=1S/C6H9ClO3/c1-3-4-9-5(2)10-6(7)8/h3,5H,1,4H2,2H3. The van der Waals surface area contributed by atoms with Crippen LogP contribution in [0, 0.1) is 0 Å². The maximum atomic E-state index is 10.1. The van der Waals surface area contributed by atoms with E-state index in [2.05, 4.69) is 11.3 Å². The molecule has 0 saturated heterocycles. The Labute approximate surface area is 64.6 Å². The first kappa shape index (κ1) is 9.46. The van der Waals surface area contributed by atoms with Crippen molar-refractivity contribution in [2.45, 2.75) is 13.2 Å². The lowest BCUT2D eigenvalue weighted by Gasteiger charge is -2.09. The van der Waals surface area contributed by atoms with E-state index < -0.39 is 11.7 Å². The van der Waals surface area contributed by atoms with E-state index in [0.29, 0.717) is 6.61 Å². The van der Waals surface area contributed by atoms with Gasteiger partial charge in [-0.1, -0.05) is 6.08 Å². The molecule has 0 N–H and O–H groups in total. The fourth-order valence-corrected chi connectivity index (χ4v) is 0.494. The third-order valence-corrected chi connectivity index (χ3v) is 0.796. The topological polar surface area (TPSA) is 35.5 Å². The van der Waals surface area contributed by atoms with Crippen molar-refractivity contribution >= 4 is 17.0 Å². The normalized spacial score (nSPS) is 12.2. The molecule has 0 heterocycles. The zero-order chi connectivity index (χ0) is 7.98. The van der Waals surface area contributed by atoms with Gasteiger partial charge in [-0.25, -0.2) is 4.79 Å². The van der Waals surface area contributed by atoms with E-state index in [4.69, 9.17) is 16.3 Å². The summed E-state index contributed by atoms with van der Waals surface area (Å²) in [6, 6.07) is 0. The van der Waals surface area contributed by atoms with Crippen molar-refractivity contribution in [1.82, 2.24) is 0 Å². The van der Waals surface area contributed by atoms with Gasteiger partial charge in [-0.2, -0.15) is 0 Å². The smallest absolute Gasteiger partial charge is 0.406 e. The molecule has 0 amide bonds. The van der Waals surface area contributed by atoms with Crippen molar-refractivity contribution in [2.75, 3.05) is 6.61 Å². The summed E-state index contributed by atoms with van der Waals surface area (Å²) in [5.74, 6) is 0. The Morgan fingerprint density at radius 1 is 1.90 bits per heavy atom. The summed E-state index contributed by atoms with van der Waals surface area (Å²) < 4.78 is 9.27. The van der Waals surface area contributed by atoms with Crippen LogP contribution in [-0.4, -0.2) is 18.3 Å². The lowest BCUT2D eigenvalue weighted by atomic mass is 10.7. The molecule has 10 heavy (non-hydrogen) atoms. The highest BCUT2D eigenvalue weighted by atomic mass is 35.5. The molecule has 0 aromatic rings. The fraction of sp³-hybridized carbons (Fsp3) is 0.500. The minimum Gasteiger partial charge on any atom is -0.424 e. The average molecular weight is 165 g/mol. The first-order valence-corrected chi connectivity index (χ1v) is 3.13. The van der Waals surface area contributed by atoms with Gasteiger partial charge in [-0.3, -0.25) is 0 Å². The van der Waals surface area contributed by atoms with Gasteiger partial charge in [0.15, 0.2) is 0 Å². The molecule has 58 valence electrons. The summed E-state index contributed by atoms with van der Waals surface area (Å²) in [7, 11) is 0. The Morgan fingerprint density at radius 2 is 2.50 bits per heavy atom. The van der Waals surface area contributed by atoms with Crippen molar-refractivity contribution < 1.29 is 14.3 Å². The molecule has 0 spiro atoms. The van der Waals surface area contributed by atoms with Gasteiger partial charge in [0.25, 0.3) is 0 Å².